The molecule has 0 radical (unpaired) electrons. The van der Waals surface area contributed by atoms with E-state index in [2.05, 4.69) is 12.1 Å². The maximum absolute atomic E-state index is 9.49. The highest BCUT2D eigenvalue weighted by Crippen LogP contribution is 2.22. The van der Waals surface area contributed by atoms with Crippen molar-refractivity contribution in [1.29, 1.82) is 10.5 Å². The zero-order valence-electron chi connectivity index (χ0n) is 13.8. The summed E-state index contributed by atoms with van der Waals surface area (Å²) in [5, 5.41) is 18.4. The van der Waals surface area contributed by atoms with Crippen molar-refractivity contribution in [2.24, 2.45) is 0 Å². The van der Waals surface area contributed by atoms with E-state index in [9.17, 15) is 5.26 Å². The average molecular weight is 321 g/mol. The second-order valence-corrected chi connectivity index (χ2v) is 4.92. The molecule has 0 spiro atoms. The molecule has 1 aromatic carbocycles. The molecule has 0 bridgehead atoms. The number of hydrogen-bond acceptors (Lipinski definition) is 4. The van der Waals surface area contributed by atoms with Crippen LogP contribution in [-0.2, 0) is 9.47 Å². The predicted octanol–water partition coefficient (Wildman–Crippen LogP) is 3.95. The van der Waals surface area contributed by atoms with Crippen LogP contribution in [0.1, 0.15) is 37.1 Å². The molecule has 0 fully saturated rings. The standard InChI is InChI=1S/C19H19N3O2/c1-3-23-19(24-4-2)22-11-5-6-18(22)12-17(14-21)16-9-7-15(13-20)8-10-16/h5-12,19H,3-4H2,1-2H3/b17-12+. The van der Waals surface area contributed by atoms with Crippen molar-refractivity contribution in [3.05, 3.63) is 59.4 Å². The molecule has 0 N–H and O–H groups in total. The predicted molar refractivity (Wildman–Crippen MR) is 91.4 cm³/mol. The van der Waals surface area contributed by atoms with Crippen molar-refractivity contribution >= 4 is 11.6 Å². The van der Waals surface area contributed by atoms with Gasteiger partial charge in [0.05, 0.1) is 23.3 Å². The Hall–Kier alpha value is -2.86. The zero-order valence-corrected chi connectivity index (χ0v) is 13.8. The second kappa shape index (κ2) is 8.69. The van der Waals surface area contributed by atoms with E-state index in [1.807, 2.05) is 36.7 Å². The highest BCUT2D eigenvalue weighted by atomic mass is 16.7. The molecule has 0 aliphatic rings. The number of benzene rings is 1. The van der Waals surface area contributed by atoms with Crippen molar-refractivity contribution in [3.8, 4) is 12.1 Å². The largest absolute Gasteiger partial charge is 0.335 e. The fraction of sp³-hybridized carbons (Fsp3) is 0.263. The van der Waals surface area contributed by atoms with E-state index >= 15 is 0 Å². The molecule has 0 amide bonds. The summed E-state index contributed by atoms with van der Waals surface area (Å²) in [7, 11) is 0. The molecule has 122 valence electrons. The summed E-state index contributed by atoms with van der Waals surface area (Å²) in [6.45, 7) is 4.85. The minimum atomic E-state index is -0.526. The van der Waals surface area contributed by atoms with Gasteiger partial charge < -0.3 is 9.47 Å². The van der Waals surface area contributed by atoms with E-state index in [0.717, 1.165) is 11.3 Å². The summed E-state index contributed by atoms with van der Waals surface area (Å²) >= 11 is 0. The summed E-state index contributed by atoms with van der Waals surface area (Å²) < 4.78 is 13.1. The van der Waals surface area contributed by atoms with Gasteiger partial charge in [0.1, 0.15) is 0 Å². The molecule has 0 saturated carbocycles. The van der Waals surface area contributed by atoms with Crippen LogP contribution in [0.5, 0.6) is 0 Å². The quantitative estimate of drug-likeness (QED) is 0.572. The SMILES string of the molecule is CCOC(OCC)n1cccc1/C=C(\C#N)c1ccc(C#N)cc1. The van der Waals surface area contributed by atoms with Gasteiger partial charge >= 0.3 is 0 Å². The van der Waals surface area contributed by atoms with E-state index in [1.165, 1.54) is 0 Å². The third-order valence-corrected chi connectivity index (χ3v) is 3.40. The molecule has 1 aromatic heterocycles. The van der Waals surface area contributed by atoms with Crippen LogP contribution in [0, 0.1) is 22.7 Å². The summed E-state index contributed by atoms with van der Waals surface area (Å²) in [6, 6.07) is 15.0. The molecule has 0 saturated heterocycles. The van der Waals surface area contributed by atoms with E-state index in [0.29, 0.717) is 24.4 Å². The number of rotatable bonds is 7. The van der Waals surface area contributed by atoms with E-state index in [-0.39, 0.29) is 0 Å². The number of aromatic nitrogens is 1. The van der Waals surface area contributed by atoms with Crippen LogP contribution in [-0.4, -0.2) is 17.8 Å². The topological polar surface area (TPSA) is 71.0 Å². The van der Waals surface area contributed by atoms with Gasteiger partial charge in [0.15, 0.2) is 0 Å². The number of hydrogen-bond donors (Lipinski definition) is 0. The first kappa shape index (κ1) is 17.5. The summed E-state index contributed by atoms with van der Waals surface area (Å²) in [4.78, 5) is 0. The monoisotopic (exact) mass is 321 g/mol. The molecular formula is C19H19N3O2. The molecule has 2 aromatic rings. The Morgan fingerprint density at radius 1 is 1.12 bits per heavy atom. The minimum Gasteiger partial charge on any atom is -0.335 e. The molecule has 1 heterocycles. The summed E-state index contributed by atoms with van der Waals surface area (Å²) in [5.41, 5.74) is 2.63. The molecule has 5 nitrogen and oxygen atoms in total. The van der Waals surface area contributed by atoms with Crippen LogP contribution < -0.4 is 0 Å². The first-order chi connectivity index (χ1) is 11.7. The van der Waals surface area contributed by atoms with Gasteiger partial charge in [-0.25, -0.2) is 0 Å². The van der Waals surface area contributed by atoms with Gasteiger partial charge in [0.2, 0.25) is 6.41 Å². The maximum Gasteiger partial charge on any atom is 0.244 e. The Balaban J connectivity index is 2.36. The van der Waals surface area contributed by atoms with Crippen molar-refractivity contribution in [3.63, 3.8) is 0 Å². The van der Waals surface area contributed by atoms with Crippen LogP contribution in [0.25, 0.3) is 11.6 Å². The molecule has 0 unspecified atom stereocenters. The first-order valence-corrected chi connectivity index (χ1v) is 7.75. The normalized spacial score (nSPS) is 11.3. The van der Waals surface area contributed by atoms with E-state index in [4.69, 9.17) is 14.7 Å². The van der Waals surface area contributed by atoms with Gasteiger partial charge in [0.25, 0.3) is 0 Å². The van der Waals surface area contributed by atoms with Gasteiger partial charge in [0, 0.05) is 25.1 Å². The van der Waals surface area contributed by atoms with Crippen molar-refractivity contribution < 1.29 is 9.47 Å². The molecule has 24 heavy (non-hydrogen) atoms. The Morgan fingerprint density at radius 2 is 1.79 bits per heavy atom. The highest BCUT2D eigenvalue weighted by molar-refractivity contribution is 5.89. The van der Waals surface area contributed by atoms with Crippen LogP contribution in [0.2, 0.25) is 0 Å². The van der Waals surface area contributed by atoms with Gasteiger partial charge in [-0.2, -0.15) is 10.5 Å². The first-order valence-electron chi connectivity index (χ1n) is 7.75. The fourth-order valence-corrected chi connectivity index (χ4v) is 2.27. The highest BCUT2D eigenvalue weighted by Gasteiger charge is 2.13. The van der Waals surface area contributed by atoms with Gasteiger partial charge in [-0.15, -0.1) is 0 Å². The molecule has 2 rings (SSSR count). The van der Waals surface area contributed by atoms with Crippen LogP contribution >= 0.6 is 0 Å². The van der Waals surface area contributed by atoms with Crippen LogP contribution in [0.4, 0.5) is 0 Å². The molecule has 5 heteroatoms. The van der Waals surface area contributed by atoms with Crippen molar-refractivity contribution in [2.45, 2.75) is 20.3 Å². The van der Waals surface area contributed by atoms with E-state index < -0.39 is 6.41 Å². The molecule has 0 aliphatic carbocycles. The third-order valence-electron chi connectivity index (χ3n) is 3.40. The third kappa shape index (κ3) is 4.11. The molecule has 0 aliphatic heterocycles. The average Bonchev–Trinajstić information content (AvgIpc) is 3.07. The van der Waals surface area contributed by atoms with Crippen LogP contribution in [0.3, 0.4) is 0 Å². The minimum absolute atomic E-state index is 0.506. The number of nitrogens with zero attached hydrogens (tertiary/aromatic N) is 3. The smallest absolute Gasteiger partial charge is 0.244 e. The lowest BCUT2D eigenvalue weighted by atomic mass is 10.0. The summed E-state index contributed by atoms with van der Waals surface area (Å²) in [6.07, 6.45) is 3.12. The Kier molecular flexibility index (Phi) is 6.33. The lowest BCUT2D eigenvalue weighted by Crippen LogP contribution is -2.17. The second-order valence-electron chi connectivity index (χ2n) is 4.92. The zero-order chi connectivity index (χ0) is 17.4. The van der Waals surface area contributed by atoms with Crippen LogP contribution in [0.15, 0.2) is 42.6 Å². The number of ether oxygens (including phenoxy) is 2. The van der Waals surface area contributed by atoms with Gasteiger partial charge in [-0.3, -0.25) is 4.57 Å². The van der Waals surface area contributed by atoms with E-state index in [1.54, 1.807) is 30.3 Å². The lowest BCUT2D eigenvalue weighted by Gasteiger charge is -2.20. The maximum atomic E-state index is 9.49. The Bertz CT molecular complexity index is 770. The van der Waals surface area contributed by atoms with Gasteiger partial charge in [-0.1, -0.05) is 12.1 Å². The van der Waals surface area contributed by atoms with Crippen molar-refractivity contribution in [1.82, 2.24) is 4.57 Å². The molecule has 0 atom stereocenters. The number of allylic oxidation sites excluding steroid dienone is 1. The Morgan fingerprint density at radius 3 is 2.33 bits per heavy atom. The molecular weight excluding hydrogens is 302 g/mol. The number of nitriles is 2. The Labute approximate surface area is 142 Å². The fourth-order valence-electron chi connectivity index (χ4n) is 2.27. The van der Waals surface area contributed by atoms with Gasteiger partial charge in [-0.05, 0) is 49.8 Å². The van der Waals surface area contributed by atoms with Crippen molar-refractivity contribution in [2.75, 3.05) is 13.2 Å². The lowest BCUT2D eigenvalue weighted by molar-refractivity contribution is -0.186. The summed E-state index contributed by atoms with van der Waals surface area (Å²) in [5.74, 6) is 0.